The number of hydrogen-bond acceptors (Lipinski definition) is 9. The molecule has 1 saturated carbocycles. The van der Waals surface area contributed by atoms with E-state index in [1.165, 1.54) is 29.7 Å². The maximum atomic E-state index is 14.1. The fourth-order valence-corrected chi connectivity index (χ4v) is 11.0. The summed E-state index contributed by atoms with van der Waals surface area (Å²) in [5.74, 6) is 1.39. The van der Waals surface area contributed by atoms with Crippen molar-refractivity contribution in [2.24, 2.45) is 17.8 Å². The molecule has 5 heterocycles. The Balaban J connectivity index is 0.950. The summed E-state index contributed by atoms with van der Waals surface area (Å²) in [6.45, 7) is 8.28. The van der Waals surface area contributed by atoms with Gasteiger partial charge in [-0.15, -0.1) is 11.3 Å². The van der Waals surface area contributed by atoms with Crippen LogP contribution in [-0.4, -0.2) is 92.6 Å². The fourth-order valence-electron chi connectivity index (χ4n) is 9.84. The molecule has 1 aliphatic carbocycles. The average Bonchev–Trinajstić information content (AvgIpc) is 4.12. The van der Waals surface area contributed by atoms with Crippen molar-refractivity contribution in [2.45, 2.75) is 90.0 Å². The van der Waals surface area contributed by atoms with Crippen LogP contribution in [-0.2, 0) is 19.1 Å². The minimum Gasteiger partial charge on any atom is -0.453 e. The summed E-state index contributed by atoms with van der Waals surface area (Å²) in [5.41, 5.74) is 5.82. The zero-order chi connectivity index (χ0) is 42.7. The highest BCUT2D eigenvalue weighted by atomic mass is 32.1. The number of alkyl carbamates (subject to hydrolysis) is 2. The molecule has 1 unspecified atom stereocenters. The summed E-state index contributed by atoms with van der Waals surface area (Å²) in [5, 5.41) is 7.86. The summed E-state index contributed by atoms with van der Waals surface area (Å²) in [4.78, 5) is 72.6. The van der Waals surface area contributed by atoms with E-state index in [0.29, 0.717) is 12.5 Å². The summed E-state index contributed by atoms with van der Waals surface area (Å²) in [6.07, 6.45) is 5.16. The molecule has 3 fully saturated rings. The van der Waals surface area contributed by atoms with Gasteiger partial charge in [0.05, 0.1) is 49.2 Å². The highest BCUT2D eigenvalue weighted by molar-refractivity contribution is 7.25. The van der Waals surface area contributed by atoms with Gasteiger partial charge < -0.3 is 39.9 Å². The van der Waals surface area contributed by atoms with Crippen LogP contribution in [0.2, 0.25) is 0 Å². The molecule has 15 heteroatoms. The third-order valence-electron chi connectivity index (χ3n) is 13.0. The SMILES string of the molecule is COC(=O)N[C@H](C(=O)N1CCCC1c1ncc(-c2ccc3c(c2)sc2cc(-c4ccc5nc([C@@H]6[C@@H]7CC[C@H](C7)N6C(=O)[C@@H](NC(=O)OC)C(C)C)[nH]c5c4)ccc23)[nH]1)C(C)C. The first kappa shape index (κ1) is 40.4. The number of likely N-dealkylation sites (tertiary alicyclic amines) is 2. The molecule has 4 amide bonds. The van der Waals surface area contributed by atoms with Crippen molar-refractivity contribution in [3.63, 3.8) is 0 Å². The molecule has 3 aliphatic rings. The predicted molar refractivity (Wildman–Crippen MR) is 235 cm³/mol. The number of thiophene rings is 1. The summed E-state index contributed by atoms with van der Waals surface area (Å²) >= 11 is 1.75. The standard InChI is InChI=1S/C46H52N8O6S/c1-23(2)38(51-45(57)59-5)43(55)53-17-7-8-35(53)41-47-22-34(50-41)27-11-15-31-30-14-10-26(20-36(30)61-37(31)21-27)25-12-16-32-33(19-25)49-42(48-32)40-28-9-13-29(18-28)54(40)44(56)39(24(3)4)52-46(58)60-6/h10-12,14-16,19-24,28-29,35,38-40H,7-9,13,17-18H2,1-6H3,(H,47,50)(H,48,49)(H,51,57)(H,52,58)/t28-,29-,35?,38+,39+,40+/m1/s1. The van der Waals surface area contributed by atoms with Gasteiger partial charge in [0.15, 0.2) is 0 Å². The van der Waals surface area contributed by atoms with Crippen molar-refractivity contribution in [3.8, 4) is 22.4 Å². The Labute approximate surface area is 357 Å². The van der Waals surface area contributed by atoms with Crippen LogP contribution < -0.4 is 10.6 Å². The second-order valence-electron chi connectivity index (χ2n) is 17.4. The van der Waals surface area contributed by atoms with Gasteiger partial charge in [-0.3, -0.25) is 9.59 Å². The number of amides is 4. The Hall–Kier alpha value is -5.96. The van der Waals surface area contributed by atoms with Gasteiger partial charge >= 0.3 is 12.2 Å². The molecule has 6 aromatic rings. The largest absolute Gasteiger partial charge is 0.453 e. The van der Waals surface area contributed by atoms with Crippen LogP contribution in [0.3, 0.4) is 0 Å². The molecule has 3 aromatic carbocycles. The summed E-state index contributed by atoms with van der Waals surface area (Å²) < 4.78 is 12.0. The van der Waals surface area contributed by atoms with Crippen LogP contribution >= 0.6 is 11.3 Å². The Bertz CT molecular complexity index is 2670. The van der Waals surface area contributed by atoms with E-state index >= 15 is 0 Å². The van der Waals surface area contributed by atoms with Gasteiger partial charge in [0.1, 0.15) is 23.7 Å². The lowest BCUT2D eigenvalue weighted by Crippen LogP contribution is -2.54. The van der Waals surface area contributed by atoms with Gasteiger partial charge in [0.25, 0.3) is 0 Å². The van der Waals surface area contributed by atoms with E-state index < -0.39 is 24.3 Å². The summed E-state index contributed by atoms with van der Waals surface area (Å²) in [6, 6.07) is 17.7. The normalized spacial score (nSPS) is 20.9. The maximum absolute atomic E-state index is 14.1. The Morgan fingerprint density at radius 1 is 0.770 bits per heavy atom. The van der Waals surface area contributed by atoms with Crippen LogP contribution in [0.15, 0.2) is 60.8 Å². The number of nitrogens with zero attached hydrogens (tertiary/aromatic N) is 4. The van der Waals surface area contributed by atoms with Crippen LogP contribution in [0.25, 0.3) is 53.6 Å². The number of ether oxygens (including phenoxy) is 2. The fraction of sp³-hybridized carbons (Fsp3) is 0.435. The number of benzene rings is 3. The molecule has 14 nitrogen and oxygen atoms in total. The summed E-state index contributed by atoms with van der Waals surface area (Å²) in [7, 11) is 2.61. The van der Waals surface area contributed by atoms with Gasteiger partial charge in [-0.05, 0) is 85.3 Å². The van der Waals surface area contributed by atoms with E-state index in [4.69, 9.17) is 19.4 Å². The zero-order valence-corrected chi connectivity index (χ0v) is 36.1. The smallest absolute Gasteiger partial charge is 0.407 e. The monoisotopic (exact) mass is 844 g/mol. The first-order chi connectivity index (χ1) is 29.4. The first-order valence-corrected chi connectivity index (χ1v) is 22.1. The van der Waals surface area contributed by atoms with Gasteiger partial charge in [-0.1, -0.05) is 58.0 Å². The number of H-pyrrole nitrogens is 2. The van der Waals surface area contributed by atoms with E-state index in [1.54, 1.807) is 11.3 Å². The van der Waals surface area contributed by atoms with E-state index in [0.717, 1.165) is 81.9 Å². The van der Waals surface area contributed by atoms with Gasteiger partial charge in [0.2, 0.25) is 11.8 Å². The molecule has 2 bridgehead atoms. The second kappa shape index (κ2) is 16.1. The number of rotatable bonds is 10. The molecule has 6 atom stereocenters. The molecule has 61 heavy (non-hydrogen) atoms. The maximum Gasteiger partial charge on any atom is 0.407 e. The lowest BCUT2D eigenvalue weighted by atomic mass is 9.95. The Kier molecular flexibility index (Phi) is 10.7. The number of carbonyl (C=O) groups is 4. The van der Waals surface area contributed by atoms with Crippen molar-refractivity contribution in [1.29, 1.82) is 0 Å². The minimum atomic E-state index is -0.691. The lowest BCUT2D eigenvalue weighted by Gasteiger charge is -2.37. The van der Waals surface area contributed by atoms with E-state index in [-0.39, 0.29) is 41.8 Å². The molecule has 4 N–H and O–H groups in total. The predicted octanol–water partition coefficient (Wildman–Crippen LogP) is 8.46. The van der Waals surface area contributed by atoms with Gasteiger partial charge in [-0.2, -0.15) is 0 Å². The third kappa shape index (κ3) is 7.36. The molecular weight excluding hydrogens is 793 g/mol. The number of carbonyl (C=O) groups excluding carboxylic acids is 4. The number of imidazole rings is 2. The molecular formula is C46H52N8O6S. The Morgan fingerprint density at radius 2 is 1.41 bits per heavy atom. The lowest BCUT2D eigenvalue weighted by molar-refractivity contribution is -0.139. The quantitative estimate of drug-likeness (QED) is 0.106. The topological polar surface area (TPSA) is 175 Å². The van der Waals surface area contributed by atoms with Gasteiger partial charge in [-0.25, -0.2) is 19.6 Å². The average molecular weight is 845 g/mol. The van der Waals surface area contributed by atoms with E-state index in [1.807, 2.05) is 49.8 Å². The van der Waals surface area contributed by atoms with E-state index in [9.17, 15) is 19.2 Å². The van der Waals surface area contributed by atoms with Crippen molar-refractivity contribution in [3.05, 3.63) is 72.4 Å². The molecule has 2 aliphatic heterocycles. The number of methoxy groups -OCH3 is 2. The van der Waals surface area contributed by atoms with Gasteiger partial charge in [0, 0.05) is 38.3 Å². The molecule has 0 radical (unpaired) electrons. The highest BCUT2D eigenvalue weighted by Gasteiger charge is 2.51. The van der Waals surface area contributed by atoms with Crippen molar-refractivity contribution in [2.75, 3.05) is 20.8 Å². The number of nitrogens with one attached hydrogen (secondary N) is 4. The van der Waals surface area contributed by atoms with Crippen LogP contribution in [0.1, 0.15) is 83.5 Å². The second-order valence-corrected chi connectivity index (χ2v) is 18.5. The number of fused-ring (bicyclic) bond motifs is 6. The van der Waals surface area contributed by atoms with Crippen molar-refractivity contribution in [1.82, 2.24) is 40.4 Å². The molecule has 3 aromatic heterocycles. The van der Waals surface area contributed by atoms with Crippen molar-refractivity contribution < 1.29 is 28.7 Å². The van der Waals surface area contributed by atoms with Crippen LogP contribution in [0.5, 0.6) is 0 Å². The number of aromatic nitrogens is 4. The molecule has 9 rings (SSSR count). The third-order valence-corrected chi connectivity index (χ3v) is 14.1. The number of aromatic amines is 2. The zero-order valence-electron chi connectivity index (χ0n) is 35.3. The highest BCUT2D eigenvalue weighted by Crippen LogP contribution is 2.50. The Morgan fingerprint density at radius 3 is 2.10 bits per heavy atom. The minimum absolute atomic E-state index is 0.0896. The number of hydrogen-bond donors (Lipinski definition) is 4. The number of piperidine rings is 1. The first-order valence-electron chi connectivity index (χ1n) is 21.3. The molecule has 2 saturated heterocycles. The van der Waals surface area contributed by atoms with Crippen LogP contribution in [0, 0.1) is 17.8 Å². The van der Waals surface area contributed by atoms with Crippen LogP contribution in [0.4, 0.5) is 9.59 Å². The molecule has 0 spiro atoms. The molecule has 318 valence electrons. The van der Waals surface area contributed by atoms with Crippen molar-refractivity contribution >= 4 is 66.5 Å². The van der Waals surface area contributed by atoms with E-state index in [2.05, 4.69) is 69.1 Å².